The van der Waals surface area contributed by atoms with Crippen molar-refractivity contribution in [2.75, 3.05) is 81.7 Å². The van der Waals surface area contributed by atoms with Gasteiger partial charge in [-0.1, -0.05) is 11.8 Å². The molecule has 0 aliphatic carbocycles. The van der Waals surface area contributed by atoms with Gasteiger partial charge in [-0.2, -0.15) is 4.98 Å². The quantitative estimate of drug-likeness (QED) is 0.589. The molecule has 3 aliphatic rings. The molecule has 0 radical (unpaired) electrons. The van der Waals surface area contributed by atoms with Crippen molar-refractivity contribution in [3.63, 3.8) is 0 Å². The highest BCUT2D eigenvalue weighted by Crippen LogP contribution is 2.32. The number of rotatable bonds is 5. The first-order valence-corrected chi connectivity index (χ1v) is 15.2. The van der Waals surface area contributed by atoms with E-state index in [2.05, 4.69) is 38.9 Å². The number of hydrogen-bond donors (Lipinski definition) is 1. The summed E-state index contributed by atoms with van der Waals surface area (Å²) < 4.78 is 29.7. The minimum absolute atomic E-state index is 0.0515. The third-order valence-electron chi connectivity index (χ3n) is 7.63. The van der Waals surface area contributed by atoms with Crippen LogP contribution in [0, 0.1) is 11.8 Å². The first-order chi connectivity index (χ1) is 17.9. The first-order valence-electron chi connectivity index (χ1n) is 13.4. The molecule has 2 aromatic rings. The number of ether oxygens (including phenoxy) is 1. The fourth-order valence-corrected chi connectivity index (χ4v) is 6.81. The Bertz CT molecular complexity index is 1270. The van der Waals surface area contributed by atoms with Crippen LogP contribution in [0.15, 0.2) is 12.1 Å². The number of sulfone groups is 1. The molecule has 0 saturated carbocycles. The van der Waals surface area contributed by atoms with E-state index in [1.807, 2.05) is 12.1 Å². The fraction of sp³-hybridized carbons (Fsp3) is 0.630. The minimum Gasteiger partial charge on any atom is -0.495 e. The number of anilines is 2. The lowest BCUT2D eigenvalue weighted by Gasteiger charge is -2.26. The zero-order chi connectivity index (χ0) is 25.8. The number of likely N-dealkylation sites (tertiary alicyclic amines) is 1. The van der Waals surface area contributed by atoms with Crippen LogP contribution in [-0.4, -0.2) is 106 Å². The summed E-state index contributed by atoms with van der Waals surface area (Å²) >= 11 is 0. The highest BCUT2D eigenvalue weighted by atomic mass is 32.2. The molecule has 5 rings (SSSR count). The molecule has 3 aliphatic heterocycles. The van der Waals surface area contributed by atoms with Crippen LogP contribution in [0.4, 0.5) is 11.8 Å². The van der Waals surface area contributed by atoms with E-state index in [0.29, 0.717) is 24.5 Å². The van der Waals surface area contributed by atoms with Crippen LogP contribution in [0.5, 0.6) is 5.75 Å². The van der Waals surface area contributed by atoms with E-state index < -0.39 is 9.84 Å². The lowest BCUT2D eigenvalue weighted by atomic mass is 10.1. The summed E-state index contributed by atoms with van der Waals surface area (Å²) in [6.07, 6.45) is 4.70. The van der Waals surface area contributed by atoms with Crippen LogP contribution in [0.1, 0.15) is 37.7 Å². The SMILES string of the molecule is COc1cc2c(NC3CCS(=O)(=O)CC3)nc(N3CCCN(C)CC3)nc2cc1C#CCN1CCCC1. The second kappa shape index (κ2) is 11.4. The van der Waals surface area contributed by atoms with Crippen molar-refractivity contribution in [3.8, 4) is 17.6 Å². The minimum atomic E-state index is -2.94. The Balaban J connectivity index is 1.50. The molecular weight excluding hydrogens is 488 g/mol. The molecule has 1 aromatic heterocycles. The molecule has 1 N–H and O–H groups in total. The van der Waals surface area contributed by atoms with Crippen LogP contribution in [0.2, 0.25) is 0 Å². The molecular formula is C27H38N6O3S. The third kappa shape index (κ3) is 6.46. The number of methoxy groups -OCH3 is 1. The van der Waals surface area contributed by atoms with Gasteiger partial charge in [0.25, 0.3) is 0 Å². The Kier molecular flexibility index (Phi) is 8.03. The Morgan fingerprint density at radius 1 is 1.03 bits per heavy atom. The molecule has 200 valence electrons. The first kappa shape index (κ1) is 26.0. The summed E-state index contributed by atoms with van der Waals surface area (Å²) in [6, 6.07) is 4.03. The molecule has 0 bridgehead atoms. The van der Waals surface area contributed by atoms with E-state index in [0.717, 1.165) is 74.5 Å². The highest BCUT2D eigenvalue weighted by molar-refractivity contribution is 7.91. The van der Waals surface area contributed by atoms with E-state index in [1.165, 1.54) is 12.8 Å². The smallest absolute Gasteiger partial charge is 0.227 e. The molecule has 10 heteroatoms. The molecule has 4 heterocycles. The van der Waals surface area contributed by atoms with Crippen molar-refractivity contribution >= 4 is 32.5 Å². The zero-order valence-corrected chi connectivity index (χ0v) is 22.8. The Labute approximate surface area is 220 Å². The maximum atomic E-state index is 12.0. The molecule has 37 heavy (non-hydrogen) atoms. The van der Waals surface area contributed by atoms with Gasteiger partial charge >= 0.3 is 0 Å². The molecule has 0 amide bonds. The van der Waals surface area contributed by atoms with Gasteiger partial charge in [0.15, 0.2) is 0 Å². The summed E-state index contributed by atoms with van der Waals surface area (Å²) in [7, 11) is 0.868. The summed E-state index contributed by atoms with van der Waals surface area (Å²) in [5.41, 5.74) is 1.64. The number of nitrogens with one attached hydrogen (secondary N) is 1. The van der Waals surface area contributed by atoms with Gasteiger partial charge in [-0.3, -0.25) is 4.90 Å². The molecule has 0 unspecified atom stereocenters. The van der Waals surface area contributed by atoms with Gasteiger partial charge in [-0.15, -0.1) is 0 Å². The van der Waals surface area contributed by atoms with Gasteiger partial charge in [-0.05, 0) is 70.9 Å². The molecule has 0 spiro atoms. The summed E-state index contributed by atoms with van der Waals surface area (Å²) in [4.78, 5) is 16.9. The van der Waals surface area contributed by atoms with Crippen molar-refractivity contribution in [2.45, 2.75) is 38.1 Å². The van der Waals surface area contributed by atoms with Crippen LogP contribution in [0.25, 0.3) is 10.9 Å². The van der Waals surface area contributed by atoms with Crippen molar-refractivity contribution < 1.29 is 13.2 Å². The van der Waals surface area contributed by atoms with E-state index in [4.69, 9.17) is 14.7 Å². The van der Waals surface area contributed by atoms with Crippen LogP contribution >= 0.6 is 0 Å². The van der Waals surface area contributed by atoms with Crippen LogP contribution in [0.3, 0.4) is 0 Å². The molecule has 1 aromatic carbocycles. The maximum Gasteiger partial charge on any atom is 0.227 e. The van der Waals surface area contributed by atoms with Crippen LogP contribution in [-0.2, 0) is 9.84 Å². The zero-order valence-electron chi connectivity index (χ0n) is 22.0. The number of nitrogens with zero attached hydrogens (tertiary/aromatic N) is 5. The Morgan fingerprint density at radius 3 is 2.57 bits per heavy atom. The Hall–Kier alpha value is -2.61. The highest BCUT2D eigenvalue weighted by Gasteiger charge is 2.25. The maximum absolute atomic E-state index is 12.0. The van der Waals surface area contributed by atoms with Gasteiger partial charge in [0, 0.05) is 31.1 Å². The second-order valence-corrected chi connectivity index (χ2v) is 12.7. The standard InChI is InChI=1S/C27H38N6O3S/c1-31-10-6-14-33(16-15-31)27-29-24-19-21(7-5-13-32-11-3-4-12-32)25(36-2)20-23(24)26(30-27)28-22-8-17-37(34,35)18-9-22/h19-20,22H,3-4,6,8-18H2,1-2H3,(H,28,29,30). The van der Waals surface area contributed by atoms with E-state index in [1.54, 1.807) is 7.11 Å². The number of aromatic nitrogens is 2. The normalized spacial score (nSPS) is 21.4. The predicted molar refractivity (Wildman–Crippen MR) is 148 cm³/mol. The number of likely N-dealkylation sites (N-methyl/N-ethyl adjacent to an activating group) is 1. The second-order valence-electron chi connectivity index (χ2n) is 10.4. The third-order valence-corrected chi connectivity index (χ3v) is 9.34. The molecule has 3 fully saturated rings. The number of hydrogen-bond acceptors (Lipinski definition) is 9. The topological polar surface area (TPSA) is 90.9 Å². The summed E-state index contributed by atoms with van der Waals surface area (Å²) in [6.45, 7) is 6.76. The van der Waals surface area contributed by atoms with Crippen molar-refractivity contribution in [1.29, 1.82) is 0 Å². The van der Waals surface area contributed by atoms with Crippen molar-refractivity contribution in [1.82, 2.24) is 19.8 Å². The Morgan fingerprint density at radius 2 is 1.81 bits per heavy atom. The molecule has 0 atom stereocenters. The predicted octanol–water partition coefficient (Wildman–Crippen LogP) is 2.22. The van der Waals surface area contributed by atoms with E-state index >= 15 is 0 Å². The molecule has 9 nitrogen and oxygen atoms in total. The summed E-state index contributed by atoms with van der Waals surface area (Å²) in [5, 5.41) is 4.43. The monoisotopic (exact) mass is 526 g/mol. The van der Waals surface area contributed by atoms with Gasteiger partial charge in [0.05, 0.1) is 36.2 Å². The van der Waals surface area contributed by atoms with Gasteiger partial charge in [-0.25, -0.2) is 13.4 Å². The molecule has 3 saturated heterocycles. The lowest BCUT2D eigenvalue weighted by Crippen LogP contribution is -2.33. The van der Waals surface area contributed by atoms with Gasteiger partial charge < -0.3 is 19.9 Å². The largest absolute Gasteiger partial charge is 0.495 e. The number of fused-ring (bicyclic) bond motifs is 1. The average molecular weight is 527 g/mol. The van der Waals surface area contributed by atoms with Crippen molar-refractivity contribution in [2.24, 2.45) is 0 Å². The van der Waals surface area contributed by atoms with E-state index in [9.17, 15) is 8.42 Å². The van der Waals surface area contributed by atoms with Gasteiger partial charge in [0.1, 0.15) is 21.4 Å². The average Bonchev–Trinajstić information content (AvgIpc) is 3.31. The fourth-order valence-electron chi connectivity index (χ4n) is 5.32. The van der Waals surface area contributed by atoms with Crippen molar-refractivity contribution in [3.05, 3.63) is 17.7 Å². The lowest BCUT2D eigenvalue weighted by molar-refractivity contribution is 0.360. The number of benzene rings is 1. The summed E-state index contributed by atoms with van der Waals surface area (Å²) in [5.74, 6) is 9.20. The van der Waals surface area contributed by atoms with Crippen LogP contribution < -0.4 is 15.0 Å². The van der Waals surface area contributed by atoms with Gasteiger partial charge in [0.2, 0.25) is 5.95 Å². The van der Waals surface area contributed by atoms with E-state index in [-0.39, 0.29) is 17.5 Å².